The fourth-order valence-electron chi connectivity index (χ4n) is 2.80. The molecule has 1 N–H and O–H groups in total. The zero-order valence-corrected chi connectivity index (χ0v) is 15.2. The summed E-state index contributed by atoms with van der Waals surface area (Å²) in [5.41, 5.74) is 2.50. The summed E-state index contributed by atoms with van der Waals surface area (Å²) in [6, 6.07) is 6.91. The molecule has 0 spiro atoms. The van der Waals surface area contributed by atoms with Gasteiger partial charge in [-0.3, -0.25) is 4.79 Å². The van der Waals surface area contributed by atoms with E-state index in [0.29, 0.717) is 28.6 Å². The SMILES string of the molecule is CCOC(=O)c1c(C)[nH]c(C)c1C(=O)COc1ccc(-c2nnco2)cc1. The van der Waals surface area contributed by atoms with Crippen molar-refractivity contribution in [1.29, 1.82) is 0 Å². The van der Waals surface area contributed by atoms with Crippen LogP contribution in [0.25, 0.3) is 11.5 Å². The van der Waals surface area contributed by atoms with Gasteiger partial charge in [0.25, 0.3) is 0 Å². The van der Waals surface area contributed by atoms with Crippen LogP contribution in [0.2, 0.25) is 0 Å². The fourth-order valence-corrected chi connectivity index (χ4v) is 2.80. The van der Waals surface area contributed by atoms with Gasteiger partial charge >= 0.3 is 5.97 Å². The first-order chi connectivity index (χ1) is 13.0. The van der Waals surface area contributed by atoms with Crippen LogP contribution in [0.3, 0.4) is 0 Å². The summed E-state index contributed by atoms with van der Waals surface area (Å²) in [6.07, 6.45) is 1.25. The van der Waals surface area contributed by atoms with Crippen molar-refractivity contribution in [2.45, 2.75) is 20.8 Å². The zero-order valence-electron chi connectivity index (χ0n) is 15.2. The maximum atomic E-state index is 12.6. The minimum Gasteiger partial charge on any atom is -0.485 e. The molecular weight excluding hydrogens is 350 g/mol. The van der Waals surface area contributed by atoms with Gasteiger partial charge in [0.2, 0.25) is 18.1 Å². The lowest BCUT2D eigenvalue weighted by atomic mass is 10.1. The molecule has 27 heavy (non-hydrogen) atoms. The van der Waals surface area contributed by atoms with Crippen molar-refractivity contribution in [1.82, 2.24) is 15.2 Å². The summed E-state index contributed by atoms with van der Waals surface area (Å²) in [4.78, 5) is 27.8. The highest BCUT2D eigenvalue weighted by atomic mass is 16.5. The first kappa shape index (κ1) is 18.4. The van der Waals surface area contributed by atoms with Crippen LogP contribution in [0.1, 0.15) is 39.0 Å². The van der Waals surface area contributed by atoms with Gasteiger partial charge in [0.1, 0.15) is 5.75 Å². The monoisotopic (exact) mass is 369 g/mol. The van der Waals surface area contributed by atoms with Gasteiger partial charge < -0.3 is 18.9 Å². The van der Waals surface area contributed by atoms with Crippen molar-refractivity contribution in [3.63, 3.8) is 0 Å². The Hall–Kier alpha value is -3.42. The number of nitrogens with zero attached hydrogens (tertiary/aromatic N) is 2. The van der Waals surface area contributed by atoms with E-state index >= 15 is 0 Å². The number of Topliss-reactive ketones (excluding diaryl/α,β-unsaturated/α-hetero) is 1. The maximum Gasteiger partial charge on any atom is 0.340 e. The van der Waals surface area contributed by atoms with Gasteiger partial charge in [-0.05, 0) is 45.0 Å². The summed E-state index contributed by atoms with van der Waals surface area (Å²) >= 11 is 0. The van der Waals surface area contributed by atoms with Gasteiger partial charge in [0, 0.05) is 17.0 Å². The molecule has 0 radical (unpaired) electrons. The number of rotatable bonds is 7. The number of hydrogen-bond donors (Lipinski definition) is 1. The highest BCUT2D eigenvalue weighted by Crippen LogP contribution is 2.22. The van der Waals surface area contributed by atoms with E-state index in [2.05, 4.69) is 15.2 Å². The van der Waals surface area contributed by atoms with Crippen LogP contribution >= 0.6 is 0 Å². The van der Waals surface area contributed by atoms with Gasteiger partial charge in [-0.25, -0.2) is 4.79 Å². The van der Waals surface area contributed by atoms with Crippen molar-refractivity contribution in [2.24, 2.45) is 0 Å². The van der Waals surface area contributed by atoms with Crippen LogP contribution in [-0.2, 0) is 4.74 Å². The summed E-state index contributed by atoms with van der Waals surface area (Å²) in [6.45, 7) is 5.22. The lowest BCUT2D eigenvalue weighted by Gasteiger charge is -2.08. The van der Waals surface area contributed by atoms with Gasteiger partial charge in [0.05, 0.1) is 17.7 Å². The zero-order chi connectivity index (χ0) is 19.4. The Labute approximate surface area is 155 Å². The average molecular weight is 369 g/mol. The summed E-state index contributed by atoms with van der Waals surface area (Å²) in [5.74, 6) is 0.0804. The normalized spacial score (nSPS) is 10.6. The van der Waals surface area contributed by atoms with E-state index < -0.39 is 5.97 Å². The molecule has 0 aliphatic carbocycles. The number of aryl methyl sites for hydroxylation is 2. The molecule has 140 valence electrons. The van der Waals surface area contributed by atoms with Crippen molar-refractivity contribution >= 4 is 11.8 Å². The van der Waals surface area contributed by atoms with Crippen LogP contribution in [0, 0.1) is 13.8 Å². The second-order valence-electron chi connectivity index (χ2n) is 5.83. The third-order valence-corrected chi connectivity index (χ3v) is 3.96. The lowest BCUT2D eigenvalue weighted by molar-refractivity contribution is 0.0522. The molecular formula is C19H19N3O5. The minimum atomic E-state index is -0.522. The third kappa shape index (κ3) is 3.89. The molecule has 8 heteroatoms. The number of aromatic nitrogens is 3. The number of aromatic amines is 1. The van der Waals surface area contributed by atoms with Crippen molar-refractivity contribution in [3.05, 3.63) is 53.2 Å². The van der Waals surface area contributed by atoms with E-state index in [9.17, 15) is 9.59 Å². The van der Waals surface area contributed by atoms with E-state index in [1.54, 1.807) is 45.0 Å². The highest BCUT2D eigenvalue weighted by Gasteiger charge is 2.25. The molecule has 3 rings (SSSR count). The van der Waals surface area contributed by atoms with Gasteiger partial charge in [-0.1, -0.05) is 0 Å². The quantitative estimate of drug-likeness (QED) is 0.503. The number of hydrogen-bond acceptors (Lipinski definition) is 7. The number of esters is 1. The van der Waals surface area contributed by atoms with Crippen molar-refractivity contribution < 1.29 is 23.5 Å². The second-order valence-corrected chi connectivity index (χ2v) is 5.83. The molecule has 2 heterocycles. The van der Waals surface area contributed by atoms with Crippen LogP contribution in [-0.4, -0.2) is 40.1 Å². The van der Waals surface area contributed by atoms with Crippen LogP contribution in [0.15, 0.2) is 35.1 Å². The molecule has 2 aromatic heterocycles. The second kappa shape index (κ2) is 7.86. The largest absolute Gasteiger partial charge is 0.485 e. The highest BCUT2D eigenvalue weighted by molar-refractivity contribution is 6.08. The summed E-state index contributed by atoms with van der Waals surface area (Å²) in [7, 11) is 0. The molecule has 0 unspecified atom stereocenters. The van der Waals surface area contributed by atoms with Crippen molar-refractivity contribution in [2.75, 3.05) is 13.2 Å². The molecule has 0 aliphatic heterocycles. The predicted molar refractivity (Wildman–Crippen MR) is 95.8 cm³/mol. The van der Waals surface area contributed by atoms with E-state index in [1.807, 2.05) is 0 Å². The Balaban J connectivity index is 1.72. The number of carbonyl (C=O) groups excluding carboxylic acids is 2. The van der Waals surface area contributed by atoms with Gasteiger partial charge in [-0.2, -0.15) is 0 Å². The topological polar surface area (TPSA) is 107 Å². The van der Waals surface area contributed by atoms with Crippen LogP contribution in [0.5, 0.6) is 5.75 Å². The number of carbonyl (C=O) groups is 2. The van der Waals surface area contributed by atoms with E-state index in [4.69, 9.17) is 13.9 Å². The molecule has 0 saturated carbocycles. The molecule has 0 bridgehead atoms. The van der Waals surface area contributed by atoms with E-state index in [0.717, 1.165) is 5.56 Å². The van der Waals surface area contributed by atoms with Crippen LogP contribution < -0.4 is 4.74 Å². The Kier molecular flexibility index (Phi) is 5.35. The fraction of sp³-hybridized carbons (Fsp3) is 0.263. The van der Waals surface area contributed by atoms with Gasteiger partial charge in [-0.15, -0.1) is 10.2 Å². The molecule has 0 saturated heterocycles. The maximum absolute atomic E-state index is 12.6. The number of benzene rings is 1. The van der Waals surface area contributed by atoms with E-state index in [-0.39, 0.29) is 24.6 Å². The molecule has 0 aliphatic rings. The first-order valence-electron chi connectivity index (χ1n) is 8.40. The van der Waals surface area contributed by atoms with E-state index in [1.165, 1.54) is 6.39 Å². The number of ketones is 1. The Morgan fingerprint density at radius 2 is 1.81 bits per heavy atom. The summed E-state index contributed by atoms with van der Waals surface area (Å²) in [5, 5.41) is 7.45. The molecule has 3 aromatic rings. The minimum absolute atomic E-state index is 0.204. The molecule has 0 atom stereocenters. The predicted octanol–water partition coefficient (Wildman–Crippen LogP) is 3.12. The first-order valence-corrected chi connectivity index (χ1v) is 8.40. The third-order valence-electron chi connectivity index (χ3n) is 3.96. The smallest absolute Gasteiger partial charge is 0.340 e. The Morgan fingerprint density at radius 3 is 2.44 bits per heavy atom. The number of nitrogens with one attached hydrogen (secondary N) is 1. The Bertz CT molecular complexity index is 943. The molecule has 0 amide bonds. The molecule has 0 fully saturated rings. The number of H-pyrrole nitrogens is 1. The Morgan fingerprint density at radius 1 is 1.11 bits per heavy atom. The van der Waals surface area contributed by atoms with Crippen molar-refractivity contribution in [3.8, 4) is 17.2 Å². The van der Waals surface area contributed by atoms with Gasteiger partial charge in [0.15, 0.2) is 6.61 Å². The lowest BCUT2D eigenvalue weighted by Crippen LogP contribution is -2.17. The molecule has 1 aromatic carbocycles. The number of ether oxygens (including phenoxy) is 2. The van der Waals surface area contributed by atoms with Crippen LogP contribution in [0.4, 0.5) is 0 Å². The standard InChI is InChI=1S/C19H19N3O5/c1-4-25-19(24)17-12(3)21-11(2)16(17)15(23)9-26-14-7-5-13(6-8-14)18-22-20-10-27-18/h5-8,10,21H,4,9H2,1-3H3. The average Bonchev–Trinajstić information content (AvgIpc) is 3.28. The summed E-state index contributed by atoms with van der Waals surface area (Å²) < 4.78 is 15.7. The molecule has 8 nitrogen and oxygen atoms in total.